The average Bonchev–Trinajstić information content (AvgIpc) is 2.59. The third kappa shape index (κ3) is 5.19. The number of carbonyl (C=O) groups excluding carboxylic acids is 1. The Hall–Kier alpha value is -3.11. The Labute approximate surface area is 148 Å². The lowest BCUT2D eigenvalue weighted by atomic mass is 10.2. The van der Waals surface area contributed by atoms with Crippen LogP contribution in [0, 0.1) is 21.4 Å². The third-order valence-corrected chi connectivity index (χ3v) is 3.51. The number of amides is 1. The van der Waals surface area contributed by atoms with E-state index in [9.17, 15) is 14.9 Å². The highest BCUT2D eigenvalue weighted by molar-refractivity contribution is 6.34. The first-order valence-corrected chi connectivity index (χ1v) is 7.74. The number of nitrogens with zero attached hydrogens (tertiary/aromatic N) is 2. The van der Waals surface area contributed by atoms with Gasteiger partial charge in [0.05, 0.1) is 28.2 Å². The molecular formula is C17H14ClN3O4. The van der Waals surface area contributed by atoms with Gasteiger partial charge < -0.3 is 10.1 Å². The number of halogens is 1. The zero-order valence-corrected chi connectivity index (χ0v) is 13.8. The second-order valence-corrected chi connectivity index (χ2v) is 5.42. The Morgan fingerprint density at radius 3 is 2.80 bits per heavy atom. The number of hydrogen-bond acceptors (Lipinski definition) is 5. The van der Waals surface area contributed by atoms with Gasteiger partial charge >= 0.3 is 0 Å². The Morgan fingerprint density at radius 1 is 1.32 bits per heavy atom. The Balaban J connectivity index is 2.05. The van der Waals surface area contributed by atoms with Gasteiger partial charge in [0.25, 0.3) is 11.6 Å². The molecule has 128 valence electrons. The maximum atomic E-state index is 12.3. The fourth-order valence-electron chi connectivity index (χ4n) is 2.01. The molecule has 0 aliphatic heterocycles. The normalized spacial score (nSPS) is 9.92. The van der Waals surface area contributed by atoms with Gasteiger partial charge in [-0.3, -0.25) is 14.9 Å². The topological polar surface area (TPSA) is 105 Å². The molecule has 0 heterocycles. The van der Waals surface area contributed by atoms with Crippen molar-refractivity contribution in [1.29, 1.82) is 5.26 Å². The highest BCUT2D eigenvalue weighted by atomic mass is 35.5. The maximum absolute atomic E-state index is 12.3. The van der Waals surface area contributed by atoms with Crippen molar-refractivity contribution < 1.29 is 14.5 Å². The Morgan fingerprint density at radius 2 is 2.12 bits per heavy atom. The molecule has 0 spiro atoms. The van der Waals surface area contributed by atoms with Crippen LogP contribution in [0.25, 0.3) is 0 Å². The summed E-state index contributed by atoms with van der Waals surface area (Å²) >= 11 is 5.95. The van der Waals surface area contributed by atoms with Crippen LogP contribution in [0.4, 0.5) is 11.4 Å². The number of nitriles is 1. The van der Waals surface area contributed by atoms with Crippen molar-refractivity contribution in [2.75, 3.05) is 11.9 Å². The van der Waals surface area contributed by atoms with Crippen molar-refractivity contribution in [2.45, 2.75) is 12.8 Å². The molecule has 0 unspecified atom stereocenters. The molecule has 0 bridgehead atoms. The first kappa shape index (κ1) is 18.2. The lowest BCUT2D eigenvalue weighted by Crippen LogP contribution is -2.12. The molecule has 25 heavy (non-hydrogen) atoms. The first-order valence-electron chi connectivity index (χ1n) is 7.36. The van der Waals surface area contributed by atoms with E-state index in [0.29, 0.717) is 30.9 Å². The van der Waals surface area contributed by atoms with Gasteiger partial charge in [-0.15, -0.1) is 0 Å². The quantitative estimate of drug-likeness (QED) is 0.453. The zero-order chi connectivity index (χ0) is 18.2. The molecule has 0 fully saturated rings. The van der Waals surface area contributed by atoms with Crippen LogP contribution in [0.3, 0.4) is 0 Å². The van der Waals surface area contributed by atoms with Crippen molar-refractivity contribution in [3.63, 3.8) is 0 Å². The van der Waals surface area contributed by atoms with E-state index in [2.05, 4.69) is 5.32 Å². The van der Waals surface area contributed by atoms with E-state index in [0.717, 1.165) is 6.07 Å². The van der Waals surface area contributed by atoms with Gasteiger partial charge in [-0.2, -0.15) is 5.26 Å². The van der Waals surface area contributed by atoms with Crippen LogP contribution in [-0.2, 0) is 0 Å². The molecule has 0 aliphatic rings. The molecule has 2 aromatic carbocycles. The van der Waals surface area contributed by atoms with Gasteiger partial charge in [0, 0.05) is 30.3 Å². The summed E-state index contributed by atoms with van der Waals surface area (Å²) in [7, 11) is 0. The van der Waals surface area contributed by atoms with Crippen LogP contribution in [0.1, 0.15) is 23.2 Å². The van der Waals surface area contributed by atoms with Crippen molar-refractivity contribution in [1.82, 2.24) is 0 Å². The van der Waals surface area contributed by atoms with Crippen molar-refractivity contribution in [2.24, 2.45) is 0 Å². The molecule has 0 aromatic heterocycles. The highest BCUT2D eigenvalue weighted by Gasteiger charge is 2.15. The summed E-state index contributed by atoms with van der Waals surface area (Å²) in [6.45, 7) is 0.402. The summed E-state index contributed by atoms with van der Waals surface area (Å²) in [5.41, 5.74) is 0.444. The van der Waals surface area contributed by atoms with Gasteiger partial charge in [-0.05, 0) is 24.6 Å². The number of nitrogens with one attached hydrogen (secondary N) is 1. The Kier molecular flexibility index (Phi) is 6.32. The lowest BCUT2D eigenvalue weighted by Gasteiger charge is -2.09. The van der Waals surface area contributed by atoms with Crippen LogP contribution in [0.5, 0.6) is 5.75 Å². The van der Waals surface area contributed by atoms with Crippen LogP contribution in [0.2, 0.25) is 5.02 Å². The minimum atomic E-state index is -0.583. The number of nitro benzene ring substituents is 1. The summed E-state index contributed by atoms with van der Waals surface area (Å²) in [5, 5.41) is 21.8. The van der Waals surface area contributed by atoms with E-state index in [1.165, 1.54) is 12.1 Å². The lowest BCUT2D eigenvalue weighted by molar-refractivity contribution is -0.384. The standard InChI is InChI=1S/C17H14ClN3O4/c18-16-11-13(21(23)24)6-7-15(16)17(22)20-12-4-3-5-14(10-12)25-9-2-1-8-19/h3-7,10-11H,1-2,9H2,(H,20,22). The van der Waals surface area contributed by atoms with Crippen LogP contribution < -0.4 is 10.1 Å². The fraction of sp³-hybridized carbons (Fsp3) is 0.176. The molecule has 8 heteroatoms. The number of hydrogen-bond donors (Lipinski definition) is 1. The second kappa shape index (κ2) is 8.66. The predicted molar refractivity (Wildman–Crippen MR) is 92.8 cm³/mol. The molecule has 0 atom stereocenters. The number of unbranched alkanes of at least 4 members (excludes halogenated alkanes) is 1. The van der Waals surface area contributed by atoms with Gasteiger partial charge in [0.1, 0.15) is 5.75 Å². The van der Waals surface area contributed by atoms with E-state index in [1.54, 1.807) is 24.3 Å². The average molecular weight is 360 g/mol. The maximum Gasteiger partial charge on any atom is 0.270 e. The monoisotopic (exact) mass is 359 g/mol. The summed E-state index contributed by atoms with van der Waals surface area (Å²) < 4.78 is 5.50. The number of benzene rings is 2. The molecule has 0 aliphatic carbocycles. The van der Waals surface area contributed by atoms with E-state index < -0.39 is 10.8 Å². The molecule has 1 amide bonds. The van der Waals surface area contributed by atoms with Crippen LogP contribution in [0.15, 0.2) is 42.5 Å². The van der Waals surface area contributed by atoms with Gasteiger partial charge in [-0.25, -0.2) is 0 Å². The summed E-state index contributed by atoms with van der Waals surface area (Å²) in [6.07, 6.45) is 1.03. The number of rotatable bonds is 7. The molecule has 2 aromatic rings. The largest absolute Gasteiger partial charge is 0.493 e. The summed E-state index contributed by atoms with van der Waals surface area (Å²) in [4.78, 5) is 22.4. The molecule has 1 N–H and O–H groups in total. The van der Waals surface area contributed by atoms with E-state index in [4.69, 9.17) is 21.6 Å². The van der Waals surface area contributed by atoms with Crippen LogP contribution in [-0.4, -0.2) is 17.4 Å². The smallest absolute Gasteiger partial charge is 0.270 e. The minimum Gasteiger partial charge on any atom is -0.493 e. The zero-order valence-electron chi connectivity index (χ0n) is 13.1. The number of non-ortho nitro benzene ring substituents is 1. The Bertz CT molecular complexity index is 833. The van der Waals surface area contributed by atoms with Crippen molar-refractivity contribution >= 4 is 28.9 Å². The molecule has 2 rings (SSSR count). The van der Waals surface area contributed by atoms with Gasteiger partial charge in [0.2, 0.25) is 0 Å². The van der Waals surface area contributed by atoms with Gasteiger partial charge in [-0.1, -0.05) is 17.7 Å². The second-order valence-electron chi connectivity index (χ2n) is 5.01. The van der Waals surface area contributed by atoms with E-state index in [-0.39, 0.29) is 16.3 Å². The minimum absolute atomic E-state index is 0.00407. The first-order chi connectivity index (χ1) is 12.0. The molecule has 0 saturated heterocycles. The van der Waals surface area contributed by atoms with Crippen LogP contribution >= 0.6 is 11.6 Å². The molecule has 0 radical (unpaired) electrons. The summed E-state index contributed by atoms with van der Waals surface area (Å²) in [5.74, 6) is 0.0760. The van der Waals surface area contributed by atoms with Crippen molar-refractivity contribution in [3.8, 4) is 11.8 Å². The molecule has 7 nitrogen and oxygen atoms in total. The van der Waals surface area contributed by atoms with E-state index >= 15 is 0 Å². The highest BCUT2D eigenvalue weighted by Crippen LogP contribution is 2.24. The number of anilines is 1. The van der Waals surface area contributed by atoms with Crippen molar-refractivity contribution in [3.05, 3.63) is 63.2 Å². The SMILES string of the molecule is N#CCCCOc1cccc(NC(=O)c2ccc([N+](=O)[O-])cc2Cl)c1. The number of ether oxygens (including phenoxy) is 1. The predicted octanol–water partition coefficient (Wildman–Crippen LogP) is 4.18. The number of carbonyl (C=O) groups is 1. The molecule has 0 saturated carbocycles. The molecular weight excluding hydrogens is 346 g/mol. The fourth-order valence-corrected chi connectivity index (χ4v) is 2.27. The summed E-state index contributed by atoms with van der Waals surface area (Å²) in [6, 6.07) is 12.5. The van der Waals surface area contributed by atoms with E-state index in [1.807, 2.05) is 6.07 Å². The van der Waals surface area contributed by atoms with Gasteiger partial charge in [0.15, 0.2) is 0 Å². The number of nitro groups is 1. The third-order valence-electron chi connectivity index (χ3n) is 3.20.